The Morgan fingerprint density at radius 2 is 1.92 bits per heavy atom. The number of likely N-dealkylation sites (tertiary alicyclic amines) is 1. The molecule has 1 fully saturated rings. The Hall–Kier alpha value is -3.09. The van der Waals surface area contributed by atoms with Gasteiger partial charge in [0.05, 0.1) is 0 Å². The van der Waals surface area contributed by atoms with Gasteiger partial charge in [0.2, 0.25) is 12.7 Å². The zero-order valence-electron chi connectivity index (χ0n) is 14.2. The Bertz CT molecular complexity index is 802. The van der Waals surface area contributed by atoms with Gasteiger partial charge in [-0.2, -0.15) is 0 Å². The van der Waals surface area contributed by atoms with Gasteiger partial charge in [0.25, 0.3) is 0 Å². The molecule has 1 amide bonds. The van der Waals surface area contributed by atoms with Gasteiger partial charge in [0.15, 0.2) is 11.5 Å². The molecule has 2 aliphatic rings. The zero-order valence-corrected chi connectivity index (χ0v) is 14.2. The van der Waals surface area contributed by atoms with E-state index in [9.17, 15) is 4.79 Å². The topological polar surface area (TPSA) is 73.8 Å². The molecule has 4 rings (SSSR count). The van der Waals surface area contributed by atoms with E-state index in [2.05, 4.69) is 9.97 Å². The molecule has 0 radical (unpaired) electrons. The monoisotopic (exact) mass is 353 g/mol. The molecule has 2 aromatic rings. The maximum atomic E-state index is 12.4. The van der Waals surface area contributed by atoms with Crippen LogP contribution in [0, 0.1) is 0 Å². The second kappa shape index (κ2) is 7.43. The quantitative estimate of drug-likeness (QED) is 0.785. The summed E-state index contributed by atoms with van der Waals surface area (Å²) in [5, 5.41) is 0. The molecule has 26 heavy (non-hydrogen) atoms. The lowest BCUT2D eigenvalue weighted by molar-refractivity contribution is -0.127. The van der Waals surface area contributed by atoms with E-state index in [0.29, 0.717) is 24.8 Å². The van der Waals surface area contributed by atoms with Gasteiger partial charge in [-0.1, -0.05) is 6.07 Å². The first-order valence-electron chi connectivity index (χ1n) is 8.58. The summed E-state index contributed by atoms with van der Waals surface area (Å²) < 4.78 is 16.4. The van der Waals surface area contributed by atoms with E-state index in [1.54, 1.807) is 30.6 Å². The molecule has 7 nitrogen and oxygen atoms in total. The van der Waals surface area contributed by atoms with Crippen LogP contribution in [-0.2, 0) is 4.79 Å². The first kappa shape index (κ1) is 16.4. The molecule has 1 aromatic heterocycles. The van der Waals surface area contributed by atoms with Gasteiger partial charge >= 0.3 is 6.01 Å². The smallest absolute Gasteiger partial charge is 0.316 e. The van der Waals surface area contributed by atoms with Gasteiger partial charge in [0, 0.05) is 44.4 Å². The van der Waals surface area contributed by atoms with Crippen molar-refractivity contribution in [1.29, 1.82) is 0 Å². The van der Waals surface area contributed by atoms with Crippen molar-refractivity contribution in [3.63, 3.8) is 0 Å². The van der Waals surface area contributed by atoms with Crippen molar-refractivity contribution in [1.82, 2.24) is 14.9 Å². The van der Waals surface area contributed by atoms with Crippen LogP contribution in [-0.4, -0.2) is 46.8 Å². The van der Waals surface area contributed by atoms with Crippen molar-refractivity contribution in [3.05, 3.63) is 48.3 Å². The lowest BCUT2D eigenvalue weighted by Crippen LogP contribution is -2.41. The minimum Gasteiger partial charge on any atom is -0.460 e. The number of ether oxygens (including phenoxy) is 3. The number of rotatable bonds is 4. The van der Waals surface area contributed by atoms with E-state index < -0.39 is 0 Å². The summed E-state index contributed by atoms with van der Waals surface area (Å²) in [6.45, 7) is 1.55. The predicted octanol–water partition coefficient (Wildman–Crippen LogP) is 2.29. The van der Waals surface area contributed by atoms with Crippen LogP contribution < -0.4 is 14.2 Å². The van der Waals surface area contributed by atoms with Gasteiger partial charge in [-0.05, 0) is 29.8 Å². The molecule has 134 valence electrons. The number of nitrogens with zero attached hydrogens (tertiary/aromatic N) is 3. The normalized spacial score (nSPS) is 16.8. The van der Waals surface area contributed by atoms with Crippen LogP contribution >= 0.6 is 0 Å². The number of fused-ring (bicyclic) bond motifs is 1. The molecule has 1 saturated heterocycles. The Balaban J connectivity index is 1.29. The molecular weight excluding hydrogens is 334 g/mol. The number of piperidine rings is 1. The molecule has 0 atom stereocenters. The minimum absolute atomic E-state index is 0.00271. The van der Waals surface area contributed by atoms with Crippen molar-refractivity contribution >= 4 is 12.0 Å². The van der Waals surface area contributed by atoms with Gasteiger partial charge in [-0.15, -0.1) is 0 Å². The van der Waals surface area contributed by atoms with Crippen LogP contribution in [0.4, 0.5) is 0 Å². The number of benzene rings is 1. The summed E-state index contributed by atoms with van der Waals surface area (Å²) in [6, 6.07) is 7.75. The molecule has 0 spiro atoms. The minimum atomic E-state index is -0.00271. The number of amides is 1. The van der Waals surface area contributed by atoms with E-state index in [0.717, 1.165) is 24.2 Å². The third-order valence-corrected chi connectivity index (χ3v) is 4.38. The molecule has 3 heterocycles. The van der Waals surface area contributed by atoms with Gasteiger partial charge < -0.3 is 19.1 Å². The average molecular weight is 353 g/mol. The summed E-state index contributed by atoms with van der Waals surface area (Å²) in [4.78, 5) is 22.4. The third-order valence-electron chi connectivity index (χ3n) is 4.38. The molecule has 7 heteroatoms. The Morgan fingerprint density at radius 1 is 1.15 bits per heavy atom. The number of hydrogen-bond donors (Lipinski definition) is 0. The summed E-state index contributed by atoms with van der Waals surface area (Å²) in [5.74, 6) is 1.44. The maximum absolute atomic E-state index is 12.4. The van der Waals surface area contributed by atoms with E-state index in [1.807, 2.05) is 23.1 Å². The molecule has 0 unspecified atom stereocenters. The van der Waals surface area contributed by atoms with E-state index in [4.69, 9.17) is 14.2 Å². The highest BCUT2D eigenvalue weighted by Crippen LogP contribution is 2.32. The van der Waals surface area contributed by atoms with Crippen molar-refractivity contribution < 1.29 is 19.0 Å². The first-order chi connectivity index (χ1) is 12.8. The molecule has 1 aromatic carbocycles. The number of carbonyl (C=O) groups excluding carboxylic acids is 1. The second-order valence-electron chi connectivity index (χ2n) is 6.12. The summed E-state index contributed by atoms with van der Waals surface area (Å²) in [6.07, 6.45) is 8.27. The van der Waals surface area contributed by atoms with Crippen LogP contribution in [0.2, 0.25) is 0 Å². The number of carbonyl (C=O) groups is 1. The lowest BCUT2D eigenvalue weighted by atomic mass is 10.1. The number of hydrogen-bond acceptors (Lipinski definition) is 6. The molecule has 0 bridgehead atoms. The largest absolute Gasteiger partial charge is 0.460 e. The summed E-state index contributed by atoms with van der Waals surface area (Å²) in [5.41, 5.74) is 0.905. The average Bonchev–Trinajstić information content (AvgIpc) is 3.15. The highest BCUT2D eigenvalue weighted by Gasteiger charge is 2.23. The molecule has 0 N–H and O–H groups in total. The lowest BCUT2D eigenvalue weighted by Gasteiger charge is -2.30. The highest BCUT2D eigenvalue weighted by molar-refractivity contribution is 5.92. The van der Waals surface area contributed by atoms with Crippen molar-refractivity contribution in [2.45, 2.75) is 18.9 Å². The van der Waals surface area contributed by atoms with Crippen LogP contribution in [0.1, 0.15) is 18.4 Å². The first-order valence-corrected chi connectivity index (χ1v) is 8.58. The third kappa shape index (κ3) is 3.77. The van der Waals surface area contributed by atoms with Crippen molar-refractivity contribution in [3.8, 4) is 17.5 Å². The molecule has 0 aliphatic carbocycles. The Labute approximate surface area is 151 Å². The molecule has 2 aliphatic heterocycles. The van der Waals surface area contributed by atoms with E-state index >= 15 is 0 Å². The highest BCUT2D eigenvalue weighted by atomic mass is 16.7. The fourth-order valence-corrected chi connectivity index (χ4v) is 2.98. The molecular formula is C19H19N3O4. The van der Waals surface area contributed by atoms with E-state index in [1.165, 1.54) is 0 Å². The van der Waals surface area contributed by atoms with Crippen molar-refractivity contribution in [2.75, 3.05) is 19.9 Å². The standard InChI is InChI=1S/C19H19N3O4/c23-18(5-3-14-2-4-16-17(12-14)25-13-24-16)22-10-6-15(7-11-22)26-19-20-8-1-9-21-19/h1-5,8-9,12,15H,6-7,10-11,13H2. The van der Waals surface area contributed by atoms with E-state index in [-0.39, 0.29) is 18.8 Å². The summed E-state index contributed by atoms with van der Waals surface area (Å²) >= 11 is 0. The summed E-state index contributed by atoms with van der Waals surface area (Å²) in [7, 11) is 0. The van der Waals surface area contributed by atoms with Crippen LogP contribution in [0.5, 0.6) is 17.5 Å². The Morgan fingerprint density at radius 3 is 2.73 bits per heavy atom. The Kier molecular flexibility index (Phi) is 4.68. The second-order valence-corrected chi connectivity index (χ2v) is 6.12. The maximum Gasteiger partial charge on any atom is 0.316 e. The van der Waals surface area contributed by atoms with Crippen LogP contribution in [0.3, 0.4) is 0 Å². The number of aromatic nitrogens is 2. The fourth-order valence-electron chi connectivity index (χ4n) is 2.98. The van der Waals surface area contributed by atoms with Crippen LogP contribution in [0.15, 0.2) is 42.7 Å². The SMILES string of the molecule is O=C(C=Cc1ccc2c(c1)OCO2)N1CCC(Oc2ncccn2)CC1. The zero-order chi connectivity index (χ0) is 17.8. The predicted molar refractivity (Wildman–Crippen MR) is 93.9 cm³/mol. The van der Waals surface area contributed by atoms with Gasteiger partial charge in [-0.25, -0.2) is 9.97 Å². The molecule has 0 saturated carbocycles. The van der Waals surface area contributed by atoms with Crippen molar-refractivity contribution in [2.24, 2.45) is 0 Å². The van der Waals surface area contributed by atoms with Gasteiger partial charge in [0.1, 0.15) is 6.10 Å². The van der Waals surface area contributed by atoms with Gasteiger partial charge in [-0.3, -0.25) is 4.79 Å². The fraction of sp³-hybridized carbons (Fsp3) is 0.316. The van der Waals surface area contributed by atoms with Crippen LogP contribution in [0.25, 0.3) is 6.08 Å².